The summed E-state index contributed by atoms with van der Waals surface area (Å²) >= 11 is 5.97. The summed E-state index contributed by atoms with van der Waals surface area (Å²) in [6, 6.07) is 4.43. The van der Waals surface area contributed by atoms with Gasteiger partial charge in [0.05, 0.1) is 11.5 Å². The zero-order valence-electron chi connectivity index (χ0n) is 12.2. The summed E-state index contributed by atoms with van der Waals surface area (Å²) in [4.78, 5) is 0.155. The van der Waals surface area contributed by atoms with E-state index in [-0.39, 0.29) is 22.6 Å². The molecular weight excluding hydrogens is 310 g/mol. The second-order valence-corrected chi connectivity index (χ2v) is 7.96. The zero-order chi connectivity index (χ0) is 15.5. The van der Waals surface area contributed by atoms with Gasteiger partial charge in [-0.1, -0.05) is 37.4 Å². The van der Waals surface area contributed by atoms with E-state index in [2.05, 4.69) is 11.6 Å². The number of sulfonamides is 1. The molecule has 1 fully saturated rings. The van der Waals surface area contributed by atoms with Gasteiger partial charge in [-0.3, -0.25) is 0 Å². The predicted octanol–water partition coefficient (Wildman–Crippen LogP) is 3.08. The van der Waals surface area contributed by atoms with Crippen LogP contribution in [0.5, 0.6) is 0 Å². The van der Waals surface area contributed by atoms with Crippen LogP contribution in [0.25, 0.3) is 0 Å². The van der Waals surface area contributed by atoms with E-state index in [1.54, 1.807) is 6.07 Å². The minimum Gasteiger partial charge on any atom is -0.392 e. The number of hydrogen-bond acceptors (Lipinski definition) is 3. The van der Waals surface area contributed by atoms with Gasteiger partial charge in [0, 0.05) is 11.1 Å². The molecule has 6 heteroatoms. The van der Waals surface area contributed by atoms with Gasteiger partial charge in [-0.15, -0.1) is 0 Å². The van der Waals surface area contributed by atoms with Crippen LogP contribution in [0.15, 0.2) is 23.1 Å². The van der Waals surface area contributed by atoms with Gasteiger partial charge in [0.15, 0.2) is 0 Å². The van der Waals surface area contributed by atoms with Crippen molar-refractivity contribution in [1.82, 2.24) is 4.72 Å². The average molecular weight is 332 g/mol. The summed E-state index contributed by atoms with van der Waals surface area (Å²) < 4.78 is 27.6. The Kier molecular flexibility index (Phi) is 5.66. The Morgan fingerprint density at radius 3 is 2.71 bits per heavy atom. The summed E-state index contributed by atoms with van der Waals surface area (Å²) in [6.07, 6.45) is 5.03. The van der Waals surface area contributed by atoms with Gasteiger partial charge in [-0.25, -0.2) is 13.1 Å². The van der Waals surface area contributed by atoms with E-state index in [1.807, 2.05) is 0 Å². The quantitative estimate of drug-likeness (QED) is 0.833. The Labute approximate surface area is 131 Å². The molecule has 4 nitrogen and oxygen atoms in total. The molecular formula is C15H22ClNO3S. The summed E-state index contributed by atoms with van der Waals surface area (Å²) in [7, 11) is -3.56. The molecule has 0 aromatic heterocycles. The van der Waals surface area contributed by atoms with Crippen molar-refractivity contribution < 1.29 is 13.5 Å². The van der Waals surface area contributed by atoms with E-state index in [1.165, 1.54) is 12.1 Å². The molecule has 21 heavy (non-hydrogen) atoms. The lowest BCUT2D eigenvalue weighted by Crippen LogP contribution is -2.34. The third-order valence-electron chi connectivity index (χ3n) is 4.08. The molecule has 0 radical (unpaired) electrons. The van der Waals surface area contributed by atoms with Crippen LogP contribution in [0.2, 0.25) is 5.02 Å². The molecule has 0 saturated heterocycles. The van der Waals surface area contributed by atoms with Crippen LogP contribution >= 0.6 is 11.6 Å². The number of aliphatic hydroxyl groups excluding tert-OH is 1. The summed E-state index contributed by atoms with van der Waals surface area (Å²) in [5, 5.41) is 9.35. The van der Waals surface area contributed by atoms with E-state index in [0.29, 0.717) is 11.5 Å². The van der Waals surface area contributed by atoms with Crippen molar-refractivity contribution in [3.05, 3.63) is 28.8 Å². The minimum atomic E-state index is -3.56. The smallest absolute Gasteiger partial charge is 0.240 e. The fourth-order valence-electron chi connectivity index (χ4n) is 2.72. The molecule has 0 heterocycles. The molecule has 2 unspecified atom stereocenters. The Balaban J connectivity index is 2.12. The Morgan fingerprint density at radius 2 is 2.05 bits per heavy atom. The fourth-order valence-corrected chi connectivity index (χ4v) is 4.35. The maximum atomic E-state index is 12.4. The number of rotatable bonds is 4. The first-order valence-electron chi connectivity index (χ1n) is 7.34. The molecule has 1 aromatic carbocycles. The largest absolute Gasteiger partial charge is 0.392 e. The van der Waals surface area contributed by atoms with Crippen LogP contribution in [0.1, 0.15) is 44.6 Å². The molecule has 2 N–H and O–H groups in total. The third kappa shape index (κ3) is 4.42. The van der Waals surface area contributed by atoms with Crippen LogP contribution in [0.4, 0.5) is 0 Å². The van der Waals surface area contributed by atoms with Crippen molar-refractivity contribution in [3.8, 4) is 0 Å². The Bertz CT molecular complexity index is 589. The SMILES string of the molecule is CC1CCCC(NS(=O)(=O)c2ccc(CO)c(Cl)c2)CC1. The van der Waals surface area contributed by atoms with Crippen LogP contribution in [-0.4, -0.2) is 19.6 Å². The molecule has 2 rings (SSSR count). The monoisotopic (exact) mass is 331 g/mol. The summed E-state index contributed by atoms with van der Waals surface area (Å²) in [5.74, 6) is 0.665. The predicted molar refractivity (Wildman–Crippen MR) is 83.7 cm³/mol. The van der Waals surface area contributed by atoms with Crippen LogP contribution < -0.4 is 4.72 Å². The molecule has 118 valence electrons. The number of hydrogen-bond donors (Lipinski definition) is 2. The first-order valence-corrected chi connectivity index (χ1v) is 9.20. The standard InChI is InChI=1S/C15H22ClNO3S/c1-11-3-2-4-13(7-5-11)17-21(19,20)14-8-6-12(10-18)15(16)9-14/h6,8-9,11,13,17-18H,2-5,7,10H2,1H3. The van der Waals surface area contributed by atoms with E-state index >= 15 is 0 Å². The lowest BCUT2D eigenvalue weighted by atomic mass is 10.0. The summed E-state index contributed by atoms with van der Waals surface area (Å²) in [6.45, 7) is 2.01. The molecule has 0 bridgehead atoms. The maximum absolute atomic E-state index is 12.4. The average Bonchev–Trinajstić information content (AvgIpc) is 2.63. The highest BCUT2D eigenvalue weighted by molar-refractivity contribution is 7.89. The topological polar surface area (TPSA) is 66.4 Å². The summed E-state index contributed by atoms with van der Waals surface area (Å²) in [5.41, 5.74) is 0.527. The fraction of sp³-hybridized carbons (Fsp3) is 0.600. The second kappa shape index (κ2) is 7.09. The first kappa shape index (κ1) is 16.7. The van der Waals surface area contributed by atoms with Crippen LogP contribution in [-0.2, 0) is 16.6 Å². The molecule has 0 aliphatic heterocycles. The lowest BCUT2D eigenvalue weighted by Gasteiger charge is -2.17. The Morgan fingerprint density at radius 1 is 1.29 bits per heavy atom. The zero-order valence-corrected chi connectivity index (χ0v) is 13.8. The van der Waals surface area contributed by atoms with E-state index in [4.69, 9.17) is 16.7 Å². The first-order chi connectivity index (χ1) is 9.92. The molecule has 1 saturated carbocycles. The number of aliphatic hydroxyl groups is 1. The second-order valence-electron chi connectivity index (χ2n) is 5.84. The maximum Gasteiger partial charge on any atom is 0.240 e. The third-order valence-corrected chi connectivity index (χ3v) is 5.95. The van der Waals surface area contributed by atoms with E-state index in [0.717, 1.165) is 32.1 Å². The molecule has 2 atom stereocenters. The minimum absolute atomic E-state index is 0.00348. The van der Waals surface area contributed by atoms with Gasteiger partial charge in [0.2, 0.25) is 10.0 Å². The molecule has 1 aliphatic rings. The molecule has 0 spiro atoms. The van der Waals surface area contributed by atoms with Gasteiger partial charge in [0.1, 0.15) is 0 Å². The highest BCUT2D eigenvalue weighted by atomic mass is 35.5. The van der Waals surface area contributed by atoms with Crippen molar-refractivity contribution in [2.75, 3.05) is 0 Å². The van der Waals surface area contributed by atoms with Crippen molar-refractivity contribution >= 4 is 21.6 Å². The highest BCUT2D eigenvalue weighted by Gasteiger charge is 2.23. The number of benzene rings is 1. The van der Waals surface area contributed by atoms with Gasteiger partial charge in [0.25, 0.3) is 0 Å². The van der Waals surface area contributed by atoms with Crippen molar-refractivity contribution in [3.63, 3.8) is 0 Å². The van der Waals surface area contributed by atoms with Crippen molar-refractivity contribution in [2.24, 2.45) is 5.92 Å². The molecule has 1 aromatic rings. The van der Waals surface area contributed by atoms with E-state index < -0.39 is 10.0 Å². The van der Waals surface area contributed by atoms with E-state index in [9.17, 15) is 8.42 Å². The molecule has 1 aliphatic carbocycles. The molecule has 0 amide bonds. The van der Waals surface area contributed by atoms with Gasteiger partial charge >= 0.3 is 0 Å². The van der Waals surface area contributed by atoms with Gasteiger partial charge < -0.3 is 5.11 Å². The van der Waals surface area contributed by atoms with Crippen molar-refractivity contribution in [2.45, 2.75) is 56.6 Å². The van der Waals surface area contributed by atoms with Crippen LogP contribution in [0.3, 0.4) is 0 Å². The van der Waals surface area contributed by atoms with Crippen molar-refractivity contribution in [1.29, 1.82) is 0 Å². The van der Waals surface area contributed by atoms with Gasteiger partial charge in [-0.05, 0) is 42.9 Å². The van der Waals surface area contributed by atoms with Crippen LogP contribution in [0, 0.1) is 5.92 Å². The normalized spacial score (nSPS) is 23.8. The Hall–Kier alpha value is -0.620. The number of nitrogens with one attached hydrogen (secondary N) is 1. The highest BCUT2D eigenvalue weighted by Crippen LogP contribution is 2.25. The number of halogens is 1. The lowest BCUT2D eigenvalue weighted by molar-refractivity contribution is 0.282. The van der Waals surface area contributed by atoms with Gasteiger partial charge in [-0.2, -0.15) is 0 Å².